The molecular weight excluding hydrogens is 350 g/mol. The Hall–Kier alpha value is -2.06. The number of aliphatic carboxylic acids is 1. The Kier molecular flexibility index (Phi) is 6.16. The average Bonchev–Trinajstić information content (AvgIpc) is 3.06. The Morgan fingerprint density at radius 3 is 2.46 bits per heavy atom. The van der Waals surface area contributed by atoms with Crippen molar-refractivity contribution in [2.24, 2.45) is 0 Å². The molecule has 0 amide bonds. The van der Waals surface area contributed by atoms with Crippen LogP contribution < -0.4 is 4.90 Å². The minimum atomic E-state index is -0.843. The SMILES string of the molecule is CC(C)n1c(SCC(=O)O)nnc1N1CCN(Cc2ccccc2)CC1. The molecule has 7 nitrogen and oxygen atoms in total. The predicted molar refractivity (Wildman–Crippen MR) is 103 cm³/mol. The van der Waals surface area contributed by atoms with Crippen LogP contribution in [-0.4, -0.2) is 62.7 Å². The molecule has 1 aromatic carbocycles. The van der Waals surface area contributed by atoms with Gasteiger partial charge in [0.05, 0.1) is 5.75 Å². The van der Waals surface area contributed by atoms with Crippen LogP contribution in [0.3, 0.4) is 0 Å². The van der Waals surface area contributed by atoms with Gasteiger partial charge in [-0.1, -0.05) is 42.1 Å². The number of thioether (sulfide) groups is 1. The molecule has 26 heavy (non-hydrogen) atoms. The minimum absolute atomic E-state index is 0.00426. The summed E-state index contributed by atoms with van der Waals surface area (Å²) in [5.41, 5.74) is 1.33. The van der Waals surface area contributed by atoms with Crippen molar-refractivity contribution in [1.82, 2.24) is 19.7 Å². The highest BCUT2D eigenvalue weighted by Crippen LogP contribution is 2.27. The maximum atomic E-state index is 10.9. The van der Waals surface area contributed by atoms with E-state index >= 15 is 0 Å². The van der Waals surface area contributed by atoms with Crippen LogP contribution in [0.1, 0.15) is 25.5 Å². The lowest BCUT2D eigenvalue weighted by molar-refractivity contribution is -0.133. The number of anilines is 1. The third-order valence-electron chi connectivity index (χ3n) is 4.39. The molecule has 3 rings (SSSR count). The van der Waals surface area contributed by atoms with Crippen LogP contribution in [0.5, 0.6) is 0 Å². The van der Waals surface area contributed by atoms with E-state index in [0.29, 0.717) is 5.16 Å². The number of carbonyl (C=O) groups is 1. The summed E-state index contributed by atoms with van der Waals surface area (Å²) in [5.74, 6) is -0.00738. The van der Waals surface area contributed by atoms with Crippen molar-refractivity contribution in [3.05, 3.63) is 35.9 Å². The summed E-state index contributed by atoms with van der Waals surface area (Å²) in [4.78, 5) is 15.5. The van der Waals surface area contributed by atoms with E-state index in [4.69, 9.17) is 5.11 Å². The zero-order chi connectivity index (χ0) is 18.5. The number of benzene rings is 1. The topological polar surface area (TPSA) is 74.5 Å². The van der Waals surface area contributed by atoms with Crippen LogP contribution in [0.4, 0.5) is 5.95 Å². The van der Waals surface area contributed by atoms with Crippen LogP contribution in [0.25, 0.3) is 0 Å². The van der Waals surface area contributed by atoms with Gasteiger partial charge in [-0.2, -0.15) is 0 Å². The van der Waals surface area contributed by atoms with E-state index in [1.165, 1.54) is 17.3 Å². The third kappa shape index (κ3) is 4.56. The molecule has 2 heterocycles. The molecule has 0 spiro atoms. The highest BCUT2D eigenvalue weighted by molar-refractivity contribution is 7.99. The van der Waals surface area contributed by atoms with E-state index in [0.717, 1.165) is 38.7 Å². The van der Waals surface area contributed by atoms with Gasteiger partial charge in [0, 0.05) is 38.8 Å². The zero-order valence-electron chi connectivity index (χ0n) is 15.2. The largest absolute Gasteiger partial charge is 0.481 e. The minimum Gasteiger partial charge on any atom is -0.481 e. The molecule has 1 aliphatic heterocycles. The second-order valence-electron chi connectivity index (χ2n) is 6.68. The van der Waals surface area contributed by atoms with E-state index < -0.39 is 5.97 Å². The summed E-state index contributed by atoms with van der Waals surface area (Å²) in [6, 6.07) is 10.7. The lowest BCUT2D eigenvalue weighted by Crippen LogP contribution is -2.47. The second kappa shape index (κ2) is 8.55. The Bertz CT molecular complexity index is 726. The second-order valence-corrected chi connectivity index (χ2v) is 7.62. The zero-order valence-corrected chi connectivity index (χ0v) is 16.0. The first-order chi connectivity index (χ1) is 12.5. The summed E-state index contributed by atoms with van der Waals surface area (Å²) < 4.78 is 2.04. The summed E-state index contributed by atoms with van der Waals surface area (Å²) in [5, 5.41) is 18.2. The molecule has 2 aromatic rings. The van der Waals surface area contributed by atoms with E-state index in [1.807, 2.05) is 10.6 Å². The van der Waals surface area contributed by atoms with Crippen LogP contribution in [0, 0.1) is 0 Å². The maximum Gasteiger partial charge on any atom is 0.313 e. The van der Waals surface area contributed by atoms with Crippen LogP contribution >= 0.6 is 11.8 Å². The van der Waals surface area contributed by atoms with E-state index in [-0.39, 0.29) is 11.8 Å². The van der Waals surface area contributed by atoms with Crippen molar-refractivity contribution < 1.29 is 9.90 Å². The quantitative estimate of drug-likeness (QED) is 0.745. The molecule has 140 valence electrons. The summed E-state index contributed by atoms with van der Waals surface area (Å²) in [6.07, 6.45) is 0. The lowest BCUT2D eigenvalue weighted by atomic mass is 10.2. The van der Waals surface area contributed by atoms with Gasteiger partial charge in [0.15, 0.2) is 5.16 Å². The first kappa shape index (κ1) is 18.7. The molecule has 0 saturated carbocycles. The van der Waals surface area contributed by atoms with Gasteiger partial charge in [-0.15, -0.1) is 10.2 Å². The molecule has 1 aromatic heterocycles. The molecule has 1 N–H and O–H groups in total. The van der Waals surface area contributed by atoms with Gasteiger partial charge >= 0.3 is 5.97 Å². The van der Waals surface area contributed by atoms with Crippen molar-refractivity contribution in [3.63, 3.8) is 0 Å². The van der Waals surface area contributed by atoms with Crippen LogP contribution in [0.2, 0.25) is 0 Å². The molecule has 0 unspecified atom stereocenters. The summed E-state index contributed by atoms with van der Waals surface area (Å²) in [7, 11) is 0. The number of carboxylic acids is 1. The van der Waals surface area contributed by atoms with Crippen LogP contribution in [-0.2, 0) is 11.3 Å². The summed E-state index contributed by atoms with van der Waals surface area (Å²) >= 11 is 1.22. The number of hydrogen-bond donors (Lipinski definition) is 1. The number of nitrogens with zero attached hydrogens (tertiary/aromatic N) is 5. The molecule has 0 bridgehead atoms. The highest BCUT2D eigenvalue weighted by Gasteiger charge is 2.24. The van der Waals surface area contributed by atoms with Crippen molar-refractivity contribution in [2.75, 3.05) is 36.8 Å². The van der Waals surface area contributed by atoms with E-state index in [1.54, 1.807) is 0 Å². The van der Waals surface area contributed by atoms with Gasteiger partial charge < -0.3 is 10.0 Å². The Morgan fingerprint density at radius 1 is 1.15 bits per heavy atom. The van der Waals surface area contributed by atoms with Gasteiger partial charge in [-0.3, -0.25) is 14.3 Å². The fourth-order valence-electron chi connectivity index (χ4n) is 3.11. The average molecular weight is 375 g/mol. The van der Waals surface area contributed by atoms with Gasteiger partial charge in [0.1, 0.15) is 0 Å². The maximum absolute atomic E-state index is 10.9. The highest BCUT2D eigenvalue weighted by atomic mass is 32.2. The molecule has 0 atom stereocenters. The van der Waals surface area contributed by atoms with Crippen molar-refractivity contribution >= 4 is 23.7 Å². The van der Waals surface area contributed by atoms with Gasteiger partial charge in [0.2, 0.25) is 5.95 Å². The molecule has 8 heteroatoms. The van der Waals surface area contributed by atoms with Crippen molar-refractivity contribution in [1.29, 1.82) is 0 Å². The Balaban J connectivity index is 1.64. The molecule has 0 radical (unpaired) electrons. The van der Waals surface area contributed by atoms with E-state index in [2.05, 4.69) is 58.1 Å². The fraction of sp³-hybridized carbons (Fsp3) is 0.500. The normalized spacial score (nSPS) is 15.6. The van der Waals surface area contributed by atoms with E-state index in [9.17, 15) is 4.79 Å². The number of piperazine rings is 1. The van der Waals surface area contributed by atoms with Gasteiger partial charge in [-0.25, -0.2) is 0 Å². The third-order valence-corrected chi connectivity index (χ3v) is 5.32. The van der Waals surface area contributed by atoms with Gasteiger partial charge in [-0.05, 0) is 19.4 Å². The first-order valence-electron chi connectivity index (χ1n) is 8.85. The molecule has 1 saturated heterocycles. The summed E-state index contributed by atoms with van der Waals surface area (Å²) in [6.45, 7) is 8.83. The number of hydrogen-bond acceptors (Lipinski definition) is 6. The smallest absolute Gasteiger partial charge is 0.313 e. The van der Waals surface area contributed by atoms with Crippen molar-refractivity contribution in [2.45, 2.75) is 31.6 Å². The number of rotatable bonds is 7. The standard InChI is InChI=1S/C18H25N5O2S/c1-14(2)23-17(19-20-18(23)26-13-16(24)25)22-10-8-21(9-11-22)12-15-6-4-3-5-7-15/h3-7,14H,8-13H2,1-2H3,(H,24,25). The number of carboxylic acid groups (broad SMARTS) is 1. The van der Waals surface area contributed by atoms with Gasteiger partial charge in [0.25, 0.3) is 0 Å². The first-order valence-corrected chi connectivity index (χ1v) is 9.84. The monoisotopic (exact) mass is 375 g/mol. The Labute approximate surface area is 158 Å². The molecule has 1 aliphatic rings. The molecule has 1 fully saturated rings. The predicted octanol–water partition coefficient (Wildman–Crippen LogP) is 2.36. The fourth-order valence-corrected chi connectivity index (χ4v) is 3.89. The Morgan fingerprint density at radius 2 is 1.85 bits per heavy atom. The molecule has 0 aliphatic carbocycles. The lowest BCUT2D eigenvalue weighted by Gasteiger charge is -2.35. The van der Waals surface area contributed by atoms with Crippen molar-refractivity contribution in [3.8, 4) is 0 Å². The number of aromatic nitrogens is 3. The van der Waals surface area contributed by atoms with Crippen LogP contribution in [0.15, 0.2) is 35.5 Å². The molecular formula is C18H25N5O2S.